The number of methoxy groups -OCH3 is 1. The standard InChI is InChI=1S/C8H5BrFNOS/c1-12-6-2-5(10)4-3-11-13-8(4)7(6)9/h2-3H,1H3. The molecule has 0 aliphatic rings. The van der Waals surface area contributed by atoms with Gasteiger partial charge in [0.15, 0.2) is 0 Å². The van der Waals surface area contributed by atoms with Crippen molar-refractivity contribution in [3.8, 4) is 5.75 Å². The molecule has 1 heterocycles. The zero-order valence-corrected chi connectivity index (χ0v) is 9.08. The number of benzene rings is 1. The Kier molecular flexibility index (Phi) is 2.21. The Balaban J connectivity index is 2.85. The van der Waals surface area contributed by atoms with E-state index in [1.54, 1.807) is 0 Å². The first-order valence-corrected chi connectivity index (χ1v) is 5.07. The van der Waals surface area contributed by atoms with Gasteiger partial charge < -0.3 is 4.74 Å². The van der Waals surface area contributed by atoms with Crippen molar-refractivity contribution in [3.63, 3.8) is 0 Å². The molecule has 0 saturated heterocycles. The van der Waals surface area contributed by atoms with Gasteiger partial charge in [-0.15, -0.1) is 0 Å². The SMILES string of the molecule is COc1cc(F)c2cnsc2c1Br. The number of ether oxygens (including phenoxy) is 1. The zero-order valence-electron chi connectivity index (χ0n) is 6.67. The molecule has 5 heteroatoms. The zero-order chi connectivity index (χ0) is 9.42. The lowest BCUT2D eigenvalue weighted by atomic mass is 10.2. The summed E-state index contributed by atoms with van der Waals surface area (Å²) in [4.78, 5) is 0. The highest BCUT2D eigenvalue weighted by Crippen LogP contribution is 2.36. The number of fused-ring (bicyclic) bond motifs is 1. The Bertz CT molecular complexity index is 457. The van der Waals surface area contributed by atoms with Gasteiger partial charge in [0.25, 0.3) is 0 Å². The van der Waals surface area contributed by atoms with Crippen LogP contribution in [0.2, 0.25) is 0 Å². The fraction of sp³-hybridized carbons (Fsp3) is 0.125. The average Bonchev–Trinajstić information content (AvgIpc) is 2.60. The fourth-order valence-corrected chi connectivity index (χ4v) is 2.48. The van der Waals surface area contributed by atoms with Gasteiger partial charge in [0, 0.05) is 11.5 Å². The number of hydrogen-bond acceptors (Lipinski definition) is 3. The molecule has 0 bridgehead atoms. The van der Waals surface area contributed by atoms with Crippen LogP contribution in [0.1, 0.15) is 0 Å². The Morgan fingerprint density at radius 3 is 3.08 bits per heavy atom. The van der Waals surface area contributed by atoms with Crippen LogP contribution in [0.15, 0.2) is 16.7 Å². The molecule has 1 aromatic carbocycles. The van der Waals surface area contributed by atoms with E-state index in [4.69, 9.17) is 4.74 Å². The van der Waals surface area contributed by atoms with Gasteiger partial charge in [-0.2, -0.15) is 4.37 Å². The second-order valence-electron chi connectivity index (χ2n) is 2.44. The van der Waals surface area contributed by atoms with Crippen molar-refractivity contribution >= 4 is 37.5 Å². The molecule has 2 aromatic rings. The monoisotopic (exact) mass is 261 g/mol. The quantitative estimate of drug-likeness (QED) is 0.787. The predicted molar refractivity (Wildman–Crippen MR) is 53.8 cm³/mol. The van der Waals surface area contributed by atoms with E-state index in [1.165, 1.54) is 30.9 Å². The van der Waals surface area contributed by atoms with Crippen LogP contribution in [0, 0.1) is 5.82 Å². The summed E-state index contributed by atoms with van der Waals surface area (Å²) < 4.78 is 23.8. The largest absolute Gasteiger partial charge is 0.495 e. The fourth-order valence-electron chi connectivity index (χ4n) is 1.08. The molecule has 1 aromatic heterocycles. The van der Waals surface area contributed by atoms with Crippen LogP contribution in [0.5, 0.6) is 5.75 Å². The number of halogens is 2. The third kappa shape index (κ3) is 1.32. The Morgan fingerprint density at radius 2 is 2.38 bits per heavy atom. The first kappa shape index (κ1) is 8.90. The highest BCUT2D eigenvalue weighted by molar-refractivity contribution is 9.10. The number of aromatic nitrogens is 1. The van der Waals surface area contributed by atoms with Crippen LogP contribution in [0.25, 0.3) is 10.1 Å². The van der Waals surface area contributed by atoms with Crippen molar-refractivity contribution in [2.24, 2.45) is 0 Å². The molecule has 0 aliphatic carbocycles. The summed E-state index contributed by atoms with van der Waals surface area (Å²) in [6.45, 7) is 0. The first-order valence-electron chi connectivity index (χ1n) is 3.50. The molecule has 0 radical (unpaired) electrons. The molecule has 13 heavy (non-hydrogen) atoms. The molecule has 0 fully saturated rings. The van der Waals surface area contributed by atoms with Crippen molar-refractivity contribution < 1.29 is 9.13 Å². The molecule has 68 valence electrons. The van der Waals surface area contributed by atoms with Crippen LogP contribution in [-0.2, 0) is 0 Å². The topological polar surface area (TPSA) is 22.1 Å². The smallest absolute Gasteiger partial charge is 0.137 e. The molecular weight excluding hydrogens is 257 g/mol. The predicted octanol–water partition coefficient (Wildman–Crippen LogP) is 3.21. The van der Waals surface area contributed by atoms with Crippen LogP contribution >= 0.6 is 27.5 Å². The molecule has 0 unspecified atom stereocenters. The molecule has 0 atom stereocenters. The Hall–Kier alpha value is -0.680. The first-order chi connectivity index (χ1) is 6.24. The highest BCUT2D eigenvalue weighted by atomic mass is 79.9. The van der Waals surface area contributed by atoms with E-state index < -0.39 is 0 Å². The van der Waals surface area contributed by atoms with E-state index in [-0.39, 0.29) is 5.82 Å². The molecule has 0 amide bonds. The van der Waals surface area contributed by atoms with E-state index in [0.717, 1.165) is 9.17 Å². The van der Waals surface area contributed by atoms with Gasteiger partial charge in [-0.1, -0.05) is 0 Å². The average molecular weight is 262 g/mol. The van der Waals surface area contributed by atoms with E-state index >= 15 is 0 Å². The van der Waals surface area contributed by atoms with E-state index in [0.29, 0.717) is 11.1 Å². The Labute approximate surface area is 86.6 Å². The summed E-state index contributed by atoms with van der Waals surface area (Å²) in [6.07, 6.45) is 1.51. The summed E-state index contributed by atoms with van der Waals surface area (Å²) in [7, 11) is 1.51. The molecule has 2 nitrogen and oxygen atoms in total. The molecule has 0 aliphatic heterocycles. The van der Waals surface area contributed by atoms with Crippen LogP contribution in [-0.4, -0.2) is 11.5 Å². The molecule has 0 spiro atoms. The maximum Gasteiger partial charge on any atom is 0.137 e. The van der Waals surface area contributed by atoms with Crippen molar-refractivity contribution in [2.45, 2.75) is 0 Å². The maximum atomic E-state index is 13.3. The third-order valence-corrected chi connectivity index (χ3v) is 3.59. The molecule has 2 rings (SSSR count). The lowest BCUT2D eigenvalue weighted by Gasteiger charge is -2.03. The number of nitrogens with zero attached hydrogens (tertiary/aromatic N) is 1. The van der Waals surface area contributed by atoms with Crippen molar-refractivity contribution in [3.05, 3.63) is 22.6 Å². The molecular formula is C8H5BrFNOS. The summed E-state index contributed by atoms with van der Waals surface area (Å²) in [5, 5.41) is 0.526. The van der Waals surface area contributed by atoms with Gasteiger partial charge in [-0.05, 0) is 27.5 Å². The van der Waals surface area contributed by atoms with Gasteiger partial charge in [0.05, 0.1) is 22.5 Å². The summed E-state index contributed by atoms with van der Waals surface area (Å²) >= 11 is 4.57. The van der Waals surface area contributed by atoms with E-state index in [2.05, 4.69) is 20.3 Å². The second kappa shape index (κ2) is 3.23. The normalized spacial score (nSPS) is 10.7. The van der Waals surface area contributed by atoms with Gasteiger partial charge in [-0.25, -0.2) is 4.39 Å². The van der Waals surface area contributed by atoms with Gasteiger partial charge in [-0.3, -0.25) is 0 Å². The van der Waals surface area contributed by atoms with Gasteiger partial charge in [0.1, 0.15) is 11.6 Å². The van der Waals surface area contributed by atoms with Gasteiger partial charge >= 0.3 is 0 Å². The minimum Gasteiger partial charge on any atom is -0.495 e. The summed E-state index contributed by atoms with van der Waals surface area (Å²) in [5.74, 6) is 0.193. The number of hydrogen-bond donors (Lipinski definition) is 0. The van der Waals surface area contributed by atoms with Gasteiger partial charge in [0.2, 0.25) is 0 Å². The van der Waals surface area contributed by atoms with E-state index in [9.17, 15) is 4.39 Å². The second-order valence-corrected chi connectivity index (χ2v) is 4.04. The lowest BCUT2D eigenvalue weighted by molar-refractivity contribution is 0.410. The maximum absolute atomic E-state index is 13.3. The number of rotatable bonds is 1. The van der Waals surface area contributed by atoms with Crippen molar-refractivity contribution in [2.75, 3.05) is 7.11 Å². The molecule has 0 N–H and O–H groups in total. The van der Waals surface area contributed by atoms with Crippen molar-refractivity contribution in [1.82, 2.24) is 4.37 Å². The Morgan fingerprint density at radius 1 is 1.62 bits per heavy atom. The van der Waals surface area contributed by atoms with E-state index in [1.807, 2.05) is 0 Å². The lowest BCUT2D eigenvalue weighted by Crippen LogP contribution is -1.86. The minimum absolute atomic E-state index is 0.302. The summed E-state index contributed by atoms with van der Waals surface area (Å²) in [5.41, 5.74) is 0. The molecule has 0 saturated carbocycles. The van der Waals surface area contributed by atoms with Crippen molar-refractivity contribution in [1.29, 1.82) is 0 Å². The van der Waals surface area contributed by atoms with Crippen LogP contribution in [0.3, 0.4) is 0 Å². The van der Waals surface area contributed by atoms with Crippen LogP contribution < -0.4 is 4.74 Å². The van der Waals surface area contributed by atoms with Crippen LogP contribution in [0.4, 0.5) is 4.39 Å². The minimum atomic E-state index is -0.302. The summed E-state index contributed by atoms with van der Waals surface area (Å²) in [6, 6.07) is 1.35. The highest BCUT2D eigenvalue weighted by Gasteiger charge is 2.12. The third-order valence-electron chi connectivity index (χ3n) is 1.72.